The van der Waals surface area contributed by atoms with Crippen LogP contribution in [0.4, 0.5) is 0 Å². The van der Waals surface area contributed by atoms with E-state index in [0.717, 1.165) is 16.5 Å². The summed E-state index contributed by atoms with van der Waals surface area (Å²) in [6, 6.07) is 9.39. The van der Waals surface area contributed by atoms with Gasteiger partial charge in [0, 0.05) is 18.0 Å². The molecule has 0 N–H and O–H groups in total. The van der Waals surface area contributed by atoms with Gasteiger partial charge in [0.05, 0.1) is 5.25 Å². The molecule has 3 rings (SSSR count). The Morgan fingerprint density at radius 2 is 2.14 bits per heavy atom. The Balaban J connectivity index is 1.77. The third kappa shape index (κ3) is 3.14. The Morgan fingerprint density at radius 1 is 1.41 bits per heavy atom. The normalized spacial score (nSPS) is 15.5. The number of ketones is 1. The summed E-state index contributed by atoms with van der Waals surface area (Å²) in [6.45, 7) is 6.42. The molecule has 0 radical (unpaired) electrons. The summed E-state index contributed by atoms with van der Waals surface area (Å²) >= 11 is 1.47. The number of rotatable bonds is 7. The van der Waals surface area contributed by atoms with Crippen molar-refractivity contribution in [1.82, 2.24) is 14.8 Å². The van der Waals surface area contributed by atoms with Crippen molar-refractivity contribution in [2.24, 2.45) is 0 Å². The Morgan fingerprint density at radius 3 is 2.77 bits per heavy atom. The molecular weight excluding hydrogens is 294 g/mol. The number of allylic oxidation sites excluding steroid dienone is 1. The number of hydrogen-bond acceptors (Lipinski definition) is 4. The molecule has 22 heavy (non-hydrogen) atoms. The van der Waals surface area contributed by atoms with E-state index in [-0.39, 0.29) is 11.0 Å². The van der Waals surface area contributed by atoms with Crippen LogP contribution in [0.3, 0.4) is 0 Å². The molecule has 0 aliphatic heterocycles. The van der Waals surface area contributed by atoms with E-state index < -0.39 is 0 Å². The quantitative estimate of drug-likeness (QED) is 0.444. The van der Waals surface area contributed by atoms with E-state index in [9.17, 15) is 4.79 Å². The second-order valence-corrected chi connectivity index (χ2v) is 6.81. The van der Waals surface area contributed by atoms with Crippen molar-refractivity contribution < 1.29 is 4.79 Å². The van der Waals surface area contributed by atoms with Gasteiger partial charge < -0.3 is 4.57 Å². The lowest BCUT2D eigenvalue weighted by Crippen LogP contribution is -2.15. The number of hydrogen-bond donors (Lipinski definition) is 0. The van der Waals surface area contributed by atoms with E-state index in [1.165, 1.54) is 24.6 Å². The molecule has 1 aromatic carbocycles. The predicted octanol–water partition coefficient (Wildman–Crippen LogP) is 3.71. The van der Waals surface area contributed by atoms with Crippen LogP contribution in [0.5, 0.6) is 0 Å². The Labute approximate surface area is 134 Å². The Bertz CT molecular complexity index is 676. The van der Waals surface area contributed by atoms with E-state index in [1.54, 1.807) is 0 Å². The van der Waals surface area contributed by atoms with E-state index in [1.807, 2.05) is 43.3 Å². The van der Waals surface area contributed by atoms with Gasteiger partial charge >= 0.3 is 0 Å². The molecule has 1 aliphatic carbocycles. The highest BCUT2D eigenvalue weighted by molar-refractivity contribution is 8.00. The summed E-state index contributed by atoms with van der Waals surface area (Å²) in [7, 11) is 0. The van der Waals surface area contributed by atoms with E-state index in [4.69, 9.17) is 0 Å². The monoisotopic (exact) mass is 313 g/mol. The molecule has 4 nitrogen and oxygen atoms in total. The smallest absolute Gasteiger partial charge is 0.192 e. The number of aromatic nitrogens is 3. The van der Waals surface area contributed by atoms with Crippen molar-refractivity contribution in [2.75, 3.05) is 0 Å². The van der Waals surface area contributed by atoms with Crippen LogP contribution in [0.25, 0.3) is 0 Å². The molecule has 1 atom stereocenters. The fourth-order valence-electron chi connectivity index (χ4n) is 2.38. The van der Waals surface area contributed by atoms with Crippen LogP contribution >= 0.6 is 11.8 Å². The summed E-state index contributed by atoms with van der Waals surface area (Å²) in [5, 5.41) is 9.21. The summed E-state index contributed by atoms with van der Waals surface area (Å²) in [5.74, 6) is 1.68. The van der Waals surface area contributed by atoms with Gasteiger partial charge in [-0.05, 0) is 19.8 Å². The van der Waals surface area contributed by atoms with Gasteiger partial charge in [-0.1, -0.05) is 48.2 Å². The first kappa shape index (κ1) is 15.0. The number of carbonyl (C=O) groups excluding carboxylic acids is 1. The molecule has 1 heterocycles. The number of nitrogens with zero attached hydrogens (tertiary/aromatic N) is 3. The summed E-state index contributed by atoms with van der Waals surface area (Å²) < 4.78 is 2.09. The van der Waals surface area contributed by atoms with Crippen LogP contribution in [0.15, 0.2) is 48.1 Å². The number of benzene rings is 1. The van der Waals surface area contributed by atoms with E-state index in [2.05, 4.69) is 21.3 Å². The topological polar surface area (TPSA) is 47.8 Å². The largest absolute Gasteiger partial charge is 0.302 e. The van der Waals surface area contributed by atoms with Crippen molar-refractivity contribution in [3.05, 3.63) is 54.4 Å². The molecule has 0 spiro atoms. The van der Waals surface area contributed by atoms with Gasteiger partial charge in [0.25, 0.3) is 0 Å². The van der Waals surface area contributed by atoms with E-state index in [0.29, 0.717) is 12.5 Å². The maximum atomic E-state index is 12.5. The average molecular weight is 313 g/mol. The molecule has 114 valence electrons. The number of Topliss-reactive ketones (excluding diaryl/α,β-unsaturated/α-hetero) is 1. The minimum absolute atomic E-state index is 0.117. The Hall–Kier alpha value is -1.88. The minimum atomic E-state index is -0.192. The molecule has 1 aliphatic rings. The van der Waals surface area contributed by atoms with Crippen LogP contribution in [0, 0.1) is 0 Å². The highest BCUT2D eigenvalue weighted by Gasteiger charge is 2.31. The van der Waals surface area contributed by atoms with Gasteiger partial charge in [-0.25, -0.2) is 0 Å². The van der Waals surface area contributed by atoms with Crippen LogP contribution < -0.4 is 0 Å². The lowest BCUT2D eigenvalue weighted by molar-refractivity contribution is 0.0994. The first-order valence-electron chi connectivity index (χ1n) is 7.50. The zero-order valence-electron chi connectivity index (χ0n) is 12.6. The average Bonchev–Trinajstić information content (AvgIpc) is 3.32. The molecule has 1 aromatic heterocycles. The molecule has 1 fully saturated rings. The third-order valence-electron chi connectivity index (χ3n) is 3.71. The van der Waals surface area contributed by atoms with E-state index >= 15 is 0 Å². The van der Waals surface area contributed by atoms with Crippen molar-refractivity contribution in [3.8, 4) is 0 Å². The first-order valence-corrected chi connectivity index (χ1v) is 8.38. The van der Waals surface area contributed by atoms with Gasteiger partial charge in [0.2, 0.25) is 0 Å². The Kier molecular flexibility index (Phi) is 4.43. The number of thioether (sulfide) groups is 1. The summed E-state index contributed by atoms with van der Waals surface area (Å²) in [5.41, 5.74) is 0.736. The van der Waals surface area contributed by atoms with Crippen LogP contribution in [-0.4, -0.2) is 25.8 Å². The number of carbonyl (C=O) groups is 1. The van der Waals surface area contributed by atoms with Gasteiger partial charge in [-0.3, -0.25) is 4.79 Å². The molecule has 2 aromatic rings. The maximum absolute atomic E-state index is 12.5. The molecule has 0 amide bonds. The van der Waals surface area contributed by atoms with Crippen LogP contribution in [0.2, 0.25) is 0 Å². The molecule has 1 saturated carbocycles. The molecule has 0 bridgehead atoms. The highest BCUT2D eigenvalue weighted by atomic mass is 32.2. The SMILES string of the molecule is C=CCn1c(SC(C)C(=O)c2ccccc2)nnc1C1CC1. The fraction of sp³-hybridized carbons (Fsp3) is 0.353. The highest BCUT2D eigenvalue weighted by Crippen LogP contribution is 2.40. The van der Waals surface area contributed by atoms with Crippen LogP contribution in [-0.2, 0) is 6.54 Å². The van der Waals surface area contributed by atoms with Crippen molar-refractivity contribution in [2.45, 2.75) is 42.6 Å². The first-order chi connectivity index (χ1) is 10.7. The molecule has 5 heteroatoms. The molecule has 1 unspecified atom stereocenters. The second kappa shape index (κ2) is 6.48. The van der Waals surface area contributed by atoms with Gasteiger partial charge in [-0.15, -0.1) is 16.8 Å². The van der Waals surface area contributed by atoms with Gasteiger partial charge in [-0.2, -0.15) is 0 Å². The van der Waals surface area contributed by atoms with Crippen molar-refractivity contribution in [1.29, 1.82) is 0 Å². The lowest BCUT2D eigenvalue weighted by atomic mass is 10.1. The van der Waals surface area contributed by atoms with Crippen molar-refractivity contribution in [3.63, 3.8) is 0 Å². The zero-order chi connectivity index (χ0) is 15.5. The third-order valence-corrected chi connectivity index (χ3v) is 4.79. The minimum Gasteiger partial charge on any atom is -0.302 e. The molecular formula is C17H19N3OS. The maximum Gasteiger partial charge on any atom is 0.192 e. The lowest BCUT2D eigenvalue weighted by Gasteiger charge is -2.11. The summed E-state index contributed by atoms with van der Waals surface area (Å²) in [4.78, 5) is 12.5. The molecule has 0 saturated heterocycles. The zero-order valence-corrected chi connectivity index (χ0v) is 13.4. The van der Waals surface area contributed by atoms with Gasteiger partial charge in [0.15, 0.2) is 10.9 Å². The second-order valence-electron chi connectivity index (χ2n) is 5.50. The summed E-state index contributed by atoms with van der Waals surface area (Å²) in [6.07, 6.45) is 4.21. The predicted molar refractivity (Wildman–Crippen MR) is 88.3 cm³/mol. The van der Waals surface area contributed by atoms with Crippen molar-refractivity contribution >= 4 is 17.5 Å². The standard InChI is InChI=1S/C17H19N3OS/c1-3-11-20-16(14-9-10-14)18-19-17(20)22-12(2)15(21)13-7-5-4-6-8-13/h3-8,12,14H,1,9-11H2,2H3. The fourth-order valence-corrected chi connectivity index (χ4v) is 3.32. The van der Waals surface area contributed by atoms with Crippen LogP contribution in [0.1, 0.15) is 41.9 Å². The van der Waals surface area contributed by atoms with Gasteiger partial charge in [0.1, 0.15) is 5.82 Å².